The van der Waals surface area contributed by atoms with Crippen molar-refractivity contribution in [3.8, 4) is 0 Å². The number of nitrogens with two attached hydrogens (primary N) is 2. The van der Waals surface area contributed by atoms with Crippen molar-refractivity contribution in [3.63, 3.8) is 0 Å². The van der Waals surface area contributed by atoms with Crippen molar-refractivity contribution in [2.24, 2.45) is 11.5 Å². The molecule has 8 heteroatoms. The molecule has 0 unspecified atom stereocenters. The predicted molar refractivity (Wildman–Crippen MR) is 64.7 cm³/mol. The maximum atomic E-state index is 11.7. The summed E-state index contributed by atoms with van der Waals surface area (Å²) in [6.07, 6.45) is 0.706. The molecule has 1 fully saturated rings. The summed E-state index contributed by atoms with van der Waals surface area (Å²) in [4.78, 5) is 33.9. The largest absolute Gasteiger partial charge is 0.459 e. The molecule has 1 rings (SSSR count). The van der Waals surface area contributed by atoms with Gasteiger partial charge in [-0.25, -0.2) is 4.79 Å². The van der Waals surface area contributed by atoms with Crippen molar-refractivity contribution in [1.29, 1.82) is 0 Å². The van der Waals surface area contributed by atoms with Crippen molar-refractivity contribution in [3.05, 3.63) is 0 Å². The third-order valence-corrected chi connectivity index (χ3v) is 2.81. The normalized spacial score (nSPS) is 21.5. The highest BCUT2D eigenvalue weighted by atomic mass is 16.6. The molecule has 1 aliphatic rings. The summed E-state index contributed by atoms with van der Waals surface area (Å²) in [5.41, 5.74) is 10.5. The Kier molecular flexibility index (Phi) is 5.87. The zero-order chi connectivity index (χ0) is 14.4. The van der Waals surface area contributed by atoms with Gasteiger partial charge in [0.2, 0.25) is 0 Å². The fourth-order valence-electron chi connectivity index (χ4n) is 1.64. The smallest absolute Gasteiger partial charge is 0.334 e. The second kappa shape index (κ2) is 7.17. The van der Waals surface area contributed by atoms with Gasteiger partial charge in [0.1, 0.15) is 18.2 Å². The van der Waals surface area contributed by atoms with Crippen LogP contribution in [0.25, 0.3) is 0 Å². The first-order chi connectivity index (χ1) is 8.95. The molecule has 0 aromatic carbocycles. The van der Waals surface area contributed by atoms with Crippen LogP contribution in [0.4, 0.5) is 0 Å². The summed E-state index contributed by atoms with van der Waals surface area (Å²) in [6, 6.07) is -1.59. The third kappa shape index (κ3) is 4.58. The Labute approximate surface area is 110 Å². The Morgan fingerprint density at radius 2 is 2.11 bits per heavy atom. The first kappa shape index (κ1) is 15.5. The third-order valence-electron chi connectivity index (χ3n) is 2.81. The predicted octanol–water partition coefficient (Wildman–Crippen LogP) is -1.97. The molecule has 1 aliphatic heterocycles. The van der Waals surface area contributed by atoms with Crippen molar-refractivity contribution in [2.75, 3.05) is 13.1 Å². The standard InChI is InChI=1S/C11H19N3O5/c1-6(9(13)11(17)19-8(15)5-12)18-10(16)7-3-2-4-14-7/h6-7,9,14H,2-5,12-13H2,1H3/t6-,7+,9+/m1/s1. The first-order valence-corrected chi connectivity index (χ1v) is 6.09. The molecule has 0 radical (unpaired) electrons. The zero-order valence-electron chi connectivity index (χ0n) is 10.8. The van der Waals surface area contributed by atoms with Gasteiger partial charge in [0.05, 0.1) is 6.54 Å². The molecule has 3 atom stereocenters. The number of carbonyl (C=O) groups is 3. The van der Waals surface area contributed by atoms with Gasteiger partial charge in [0.25, 0.3) is 0 Å². The SMILES string of the molecule is C[C@@H](OC(=O)[C@@H]1CCCN1)[C@H](N)C(=O)OC(=O)CN. The summed E-state index contributed by atoms with van der Waals surface area (Å²) in [6.45, 7) is 1.80. The van der Waals surface area contributed by atoms with Crippen LogP contribution in [0.2, 0.25) is 0 Å². The molecule has 19 heavy (non-hydrogen) atoms. The molecule has 0 aromatic heterocycles. The Morgan fingerprint density at radius 1 is 1.42 bits per heavy atom. The molecule has 0 saturated carbocycles. The summed E-state index contributed by atoms with van der Waals surface area (Å²) in [7, 11) is 0. The van der Waals surface area contributed by atoms with Gasteiger partial charge in [-0.3, -0.25) is 9.59 Å². The lowest BCUT2D eigenvalue weighted by Gasteiger charge is -2.20. The van der Waals surface area contributed by atoms with E-state index in [0.717, 1.165) is 13.0 Å². The van der Waals surface area contributed by atoms with Crippen LogP contribution < -0.4 is 16.8 Å². The van der Waals surface area contributed by atoms with E-state index in [2.05, 4.69) is 10.1 Å². The number of ether oxygens (including phenoxy) is 2. The van der Waals surface area contributed by atoms with Gasteiger partial charge in [0.15, 0.2) is 0 Å². The lowest BCUT2D eigenvalue weighted by molar-refractivity contribution is -0.163. The number of hydrogen-bond acceptors (Lipinski definition) is 8. The van der Waals surface area contributed by atoms with Crippen LogP contribution in [0.15, 0.2) is 0 Å². The van der Waals surface area contributed by atoms with E-state index in [0.29, 0.717) is 6.42 Å². The van der Waals surface area contributed by atoms with E-state index < -0.39 is 36.6 Å². The van der Waals surface area contributed by atoms with Crippen LogP contribution in [0.3, 0.4) is 0 Å². The van der Waals surface area contributed by atoms with Gasteiger partial charge in [-0.15, -0.1) is 0 Å². The number of hydrogen-bond donors (Lipinski definition) is 3. The molecule has 0 aromatic rings. The summed E-state index contributed by atoms with van der Waals surface area (Å²) < 4.78 is 9.42. The molecule has 8 nitrogen and oxygen atoms in total. The molecule has 0 spiro atoms. The molecule has 108 valence electrons. The number of carbonyl (C=O) groups excluding carboxylic acids is 3. The van der Waals surface area contributed by atoms with Crippen LogP contribution in [-0.4, -0.2) is 49.2 Å². The minimum atomic E-state index is -1.22. The van der Waals surface area contributed by atoms with Crippen molar-refractivity contribution in [2.45, 2.75) is 38.0 Å². The highest BCUT2D eigenvalue weighted by Gasteiger charge is 2.30. The topological polar surface area (TPSA) is 134 Å². The maximum Gasteiger partial charge on any atom is 0.334 e. The Hall–Kier alpha value is -1.51. The van der Waals surface area contributed by atoms with Gasteiger partial charge in [-0.05, 0) is 26.3 Å². The van der Waals surface area contributed by atoms with E-state index in [9.17, 15) is 14.4 Å². The highest BCUT2D eigenvalue weighted by molar-refractivity contribution is 5.89. The van der Waals surface area contributed by atoms with Crippen LogP contribution in [-0.2, 0) is 23.9 Å². The van der Waals surface area contributed by atoms with Crippen LogP contribution in [0, 0.1) is 0 Å². The molecule has 0 bridgehead atoms. The second-order valence-corrected chi connectivity index (χ2v) is 4.31. The van der Waals surface area contributed by atoms with Gasteiger partial charge in [-0.2, -0.15) is 0 Å². The fraction of sp³-hybridized carbons (Fsp3) is 0.727. The number of nitrogens with one attached hydrogen (secondary N) is 1. The number of esters is 3. The van der Waals surface area contributed by atoms with Crippen molar-refractivity contribution >= 4 is 17.9 Å². The maximum absolute atomic E-state index is 11.7. The zero-order valence-corrected chi connectivity index (χ0v) is 10.8. The van der Waals surface area contributed by atoms with E-state index in [1.165, 1.54) is 6.92 Å². The quantitative estimate of drug-likeness (QED) is 0.388. The lowest BCUT2D eigenvalue weighted by atomic mass is 10.2. The molecular weight excluding hydrogens is 254 g/mol. The average molecular weight is 273 g/mol. The van der Waals surface area contributed by atoms with E-state index in [-0.39, 0.29) is 6.04 Å². The lowest BCUT2D eigenvalue weighted by Crippen LogP contribution is -2.46. The van der Waals surface area contributed by atoms with E-state index >= 15 is 0 Å². The van der Waals surface area contributed by atoms with E-state index in [1.54, 1.807) is 0 Å². The van der Waals surface area contributed by atoms with Crippen molar-refractivity contribution in [1.82, 2.24) is 5.32 Å². The second-order valence-electron chi connectivity index (χ2n) is 4.31. The first-order valence-electron chi connectivity index (χ1n) is 6.09. The summed E-state index contributed by atoms with van der Waals surface area (Å²) in [5.74, 6) is -2.30. The van der Waals surface area contributed by atoms with Gasteiger partial charge >= 0.3 is 17.9 Å². The molecule has 1 saturated heterocycles. The Bertz CT molecular complexity index is 354. The van der Waals surface area contributed by atoms with Crippen LogP contribution in [0.5, 0.6) is 0 Å². The summed E-state index contributed by atoms with van der Waals surface area (Å²) in [5, 5.41) is 2.97. The Morgan fingerprint density at radius 3 is 2.63 bits per heavy atom. The molecular formula is C11H19N3O5. The van der Waals surface area contributed by atoms with Crippen LogP contribution >= 0.6 is 0 Å². The Balaban J connectivity index is 2.42. The van der Waals surface area contributed by atoms with Crippen molar-refractivity contribution < 1.29 is 23.9 Å². The minimum Gasteiger partial charge on any atom is -0.459 e. The van der Waals surface area contributed by atoms with E-state index in [4.69, 9.17) is 16.2 Å². The van der Waals surface area contributed by atoms with Gasteiger partial charge < -0.3 is 26.3 Å². The molecule has 1 heterocycles. The number of rotatable bonds is 5. The molecule has 5 N–H and O–H groups in total. The fourth-order valence-corrected chi connectivity index (χ4v) is 1.64. The van der Waals surface area contributed by atoms with Gasteiger partial charge in [-0.1, -0.05) is 0 Å². The van der Waals surface area contributed by atoms with Crippen LogP contribution in [0.1, 0.15) is 19.8 Å². The molecule has 0 aliphatic carbocycles. The monoisotopic (exact) mass is 273 g/mol. The average Bonchev–Trinajstić information content (AvgIpc) is 2.91. The van der Waals surface area contributed by atoms with E-state index in [1.807, 2.05) is 0 Å². The molecule has 0 amide bonds. The summed E-state index contributed by atoms with van der Waals surface area (Å²) >= 11 is 0. The highest BCUT2D eigenvalue weighted by Crippen LogP contribution is 2.09. The minimum absolute atomic E-state index is 0.364. The van der Waals surface area contributed by atoms with Gasteiger partial charge in [0, 0.05) is 0 Å².